The summed E-state index contributed by atoms with van der Waals surface area (Å²) >= 11 is 0. The summed E-state index contributed by atoms with van der Waals surface area (Å²) < 4.78 is 41.3. The Morgan fingerprint density at radius 3 is 2.43 bits per heavy atom. The van der Waals surface area contributed by atoms with Crippen LogP contribution in [-0.4, -0.2) is 20.5 Å². The second-order valence-electron chi connectivity index (χ2n) is 5.08. The number of benzene rings is 1. The van der Waals surface area contributed by atoms with E-state index in [2.05, 4.69) is 10.1 Å². The van der Waals surface area contributed by atoms with Gasteiger partial charge in [0.15, 0.2) is 23.2 Å². The number of rotatable bonds is 4. The van der Waals surface area contributed by atoms with Crippen molar-refractivity contribution < 1.29 is 18.0 Å². The highest BCUT2D eigenvalue weighted by atomic mass is 19.2. The molecule has 0 aliphatic heterocycles. The molecule has 0 atom stereocenters. The lowest BCUT2D eigenvalue weighted by molar-refractivity contribution is -0.119. The zero-order chi connectivity index (χ0) is 16.6. The molecule has 3 rings (SSSR count). The molecule has 0 N–H and O–H groups in total. The van der Waals surface area contributed by atoms with E-state index in [0.717, 1.165) is 12.1 Å². The SMILES string of the molecule is CCC(=O)Cn1ncc2ncc(-c3cc(F)c(F)c(F)c3)cc21. The number of ketones is 1. The monoisotopic (exact) mass is 319 g/mol. The number of carbonyl (C=O) groups excluding carboxylic acids is 1. The van der Waals surface area contributed by atoms with Crippen molar-refractivity contribution in [2.75, 3.05) is 0 Å². The third kappa shape index (κ3) is 2.81. The first-order chi connectivity index (χ1) is 11.0. The predicted molar refractivity (Wildman–Crippen MR) is 78.1 cm³/mol. The number of nitrogens with zero attached hydrogens (tertiary/aromatic N) is 3. The molecule has 0 aliphatic carbocycles. The van der Waals surface area contributed by atoms with Crippen molar-refractivity contribution in [2.45, 2.75) is 19.9 Å². The first-order valence-corrected chi connectivity index (χ1v) is 6.97. The third-order valence-corrected chi connectivity index (χ3v) is 3.53. The summed E-state index contributed by atoms with van der Waals surface area (Å²) in [5.74, 6) is -4.05. The van der Waals surface area contributed by atoms with Crippen LogP contribution in [0.25, 0.3) is 22.2 Å². The average molecular weight is 319 g/mol. The highest BCUT2D eigenvalue weighted by Gasteiger charge is 2.14. The molecule has 2 heterocycles. The van der Waals surface area contributed by atoms with Gasteiger partial charge in [-0.25, -0.2) is 13.2 Å². The van der Waals surface area contributed by atoms with Gasteiger partial charge in [0.2, 0.25) is 0 Å². The van der Waals surface area contributed by atoms with Crippen molar-refractivity contribution in [1.82, 2.24) is 14.8 Å². The van der Waals surface area contributed by atoms with Crippen LogP contribution in [0.15, 0.2) is 30.6 Å². The molecule has 23 heavy (non-hydrogen) atoms. The summed E-state index contributed by atoms with van der Waals surface area (Å²) in [6.07, 6.45) is 3.30. The largest absolute Gasteiger partial charge is 0.298 e. The minimum absolute atomic E-state index is 0.000672. The molecule has 0 saturated carbocycles. The molecule has 1 aromatic carbocycles. The van der Waals surface area contributed by atoms with Crippen molar-refractivity contribution >= 4 is 16.8 Å². The zero-order valence-corrected chi connectivity index (χ0v) is 12.2. The Bertz CT molecular complexity index is 882. The third-order valence-electron chi connectivity index (χ3n) is 3.53. The summed E-state index contributed by atoms with van der Waals surface area (Å²) in [6, 6.07) is 3.42. The first kappa shape index (κ1) is 15.2. The number of fused-ring (bicyclic) bond motifs is 1. The lowest BCUT2D eigenvalue weighted by Gasteiger charge is -2.05. The van der Waals surface area contributed by atoms with E-state index in [0.29, 0.717) is 23.0 Å². The molecule has 0 unspecified atom stereocenters. The van der Waals surface area contributed by atoms with Crippen molar-refractivity contribution in [3.63, 3.8) is 0 Å². The molecule has 4 nitrogen and oxygen atoms in total. The van der Waals surface area contributed by atoms with Gasteiger partial charge < -0.3 is 0 Å². The van der Waals surface area contributed by atoms with Crippen molar-refractivity contribution in [3.05, 3.63) is 48.0 Å². The topological polar surface area (TPSA) is 47.8 Å². The van der Waals surface area contributed by atoms with Gasteiger partial charge >= 0.3 is 0 Å². The normalized spacial score (nSPS) is 11.1. The van der Waals surface area contributed by atoms with Gasteiger partial charge in [-0.3, -0.25) is 14.5 Å². The van der Waals surface area contributed by atoms with Crippen LogP contribution in [0.1, 0.15) is 13.3 Å². The minimum atomic E-state index is -1.51. The number of Topliss-reactive ketones (excluding diaryl/α,β-unsaturated/α-hetero) is 1. The van der Waals surface area contributed by atoms with Gasteiger partial charge in [0.1, 0.15) is 12.1 Å². The van der Waals surface area contributed by atoms with Gasteiger partial charge in [-0.05, 0) is 23.8 Å². The average Bonchev–Trinajstić information content (AvgIpc) is 2.94. The fourth-order valence-electron chi connectivity index (χ4n) is 2.24. The van der Waals surface area contributed by atoms with Gasteiger partial charge in [0.05, 0.1) is 11.7 Å². The minimum Gasteiger partial charge on any atom is -0.298 e. The summed E-state index contributed by atoms with van der Waals surface area (Å²) in [5.41, 5.74) is 1.68. The molecule has 0 bridgehead atoms. The lowest BCUT2D eigenvalue weighted by Crippen LogP contribution is -2.09. The summed E-state index contributed by atoms with van der Waals surface area (Å²) in [5, 5.41) is 4.09. The van der Waals surface area contributed by atoms with Gasteiger partial charge in [-0.1, -0.05) is 6.92 Å². The molecule has 0 fully saturated rings. The van der Waals surface area contributed by atoms with Crippen LogP contribution in [0.2, 0.25) is 0 Å². The van der Waals surface area contributed by atoms with E-state index >= 15 is 0 Å². The number of hydrogen-bond donors (Lipinski definition) is 0. The van der Waals surface area contributed by atoms with Gasteiger partial charge in [0, 0.05) is 18.2 Å². The Morgan fingerprint density at radius 2 is 1.78 bits per heavy atom. The fourth-order valence-corrected chi connectivity index (χ4v) is 2.24. The van der Waals surface area contributed by atoms with Gasteiger partial charge in [-0.2, -0.15) is 5.10 Å². The molecule has 0 amide bonds. The van der Waals surface area contributed by atoms with Crippen molar-refractivity contribution in [1.29, 1.82) is 0 Å². The van der Waals surface area contributed by atoms with E-state index in [9.17, 15) is 18.0 Å². The van der Waals surface area contributed by atoms with E-state index in [4.69, 9.17) is 0 Å². The molecule has 118 valence electrons. The smallest absolute Gasteiger partial charge is 0.194 e. The Hall–Kier alpha value is -2.70. The van der Waals surface area contributed by atoms with Crippen molar-refractivity contribution in [3.8, 4) is 11.1 Å². The quantitative estimate of drug-likeness (QED) is 0.692. The maximum atomic E-state index is 13.4. The van der Waals surface area contributed by atoms with Crippen LogP contribution in [0.5, 0.6) is 0 Å². The molecule has 0 spiro atoms. The summed E-state index contributed by atoms with van der Waals surface area (Å²) in [6.45, 7) is 1.85. The second kappa shape index (κ2) is 5.83. The van der Waals surface area contributed by atoms with E-state index < -0.39 is 17.5 Å². The van der Waals surface area contributed by atoms with E-state index in [1.54, 1.807) is 13.0 Å². The highest BCUT2D eigenvalue weighted by Crippen LogP contribution is 2.25. The molecular weight excluding hydrogens is 307 g/mol. The molecule has 2 aromatic heterocycles. The first-order valence-electron chi connectivity index (χ1n) is 6.97. The second-order valence-corrected chi connectivity index (χ2v) is 5.08. The maximum absolute atomic E-state index is 13.4. The molecular formula is C16H12F3N3O. The Morgan fingerprint density at radius 1 is 1.09 bits per heavy atom. The molecule has 7 heteroatoms. The standard InChI is InChI=1S/C16H12F3N3O/c1-2-11(23)8-22-15-5-10(6-20-14(15)7-21-22)9-3-12(17)16(19)13(18)4-9/h3-7H,2,8H2,1H3. The van der Waals surface area contributed by atoms with E-state index in [1.165, 1.54) is 17.1 Å². The zero-order valence-electron chi connectivity index (χ0n) is 12.2. The van der Waals surface area contributed by atoms with Crippen molar-refractivity contribution in [2.24, 2.45) is 0 Å². The van der Waals surface area contributed by atoms with Crippen LogP contribution in [0, 0.1) is 17.5 Å². The van der Waals surface area contributed by atoms with E-state index in [1.807, 2.05) is 0 Å². The molecule has 3 aromatic rings. The van der Waals surface area contributed by atoms with Gasteiger partial charge in [-0.15, -0.1) is 0 Å². The predicted octanol–water partition coefficient (Wildman–Crippen LogP) is 3.49. The van der Waals surface area contributed by atoms with Crippen LogP contribution in [0.3, 0.4) is 0 Å². The number of carbonyl (C=O) groups is 1. The van der Waals surface area contributed by atoms with E-state index in [-0.39, 0.29) is 17.9 Å². The number of pyridine rings is 1. The molecule has 0 saturated heterocycles. The molecule has 0 radical (unpaired) electrons. The Kier molecular flexibility index (Phi) is 3.85. The number of aromatic nitrogens is 3. The van der Waals surface area contributed by atoms with Gasteiger partial charge in [0.25, 0.3) is 0 Å². The van der Waals surface area contributed by atoms with Crippen LogP contribution >= 0.6 is 0 Å². The van der Waals surface area contributed by atoms with Crippen LogP contribution < -0.4 is 0 Å². The highest BCUT2D eigenvalue weighted by molar-refractivity contribution is 5.83. The number of halogens is 3. The Labute approximate surface area is 129 Å². The van der Waals surface area contributed by atoms with Crippen LogP contribution in [-0.2, 0) is 11.3 Å². The Balaban J connectivity index is 2.09. The lowest BCUT2D eigenvalue weighted by atomic mass is 10.1. The maximum Gasteiger partial charge on any atom is 0.194 e. The summed E-state index contributed by atoms with van der Waals surface area (Å²) in [4.78, 5) is 15.7. The molecule has 0 aliphatic rings. The number of hydrogen-bond acceptors (Lipinski definition) is 3. The van der Waals surface area contributed by atoms with Crippen LogP contribution in [0.4, 0.5) is 13.2 Å². The fraction of sp³-hybridized carbons (Fsp3) is 0.188. The summed E-state index contributed by atoms with van der Waals surface area (Å²) in [7, 11) is 0.